The summed E-state index contributed by atoms with van der Waals surface area (Å²) >= 11 is 6.13. The highest BCUT2D eigenvalue weighted by Crippen LogP contribution is 2.32. The van der Waals surface area contributed by atoms with Crippen molar-refractivity contribution in [1.82, 2.24) is 0 Å². The van der Waals surface area contributed by atoms with Crippen LogP contribution in [-0.2, 0) is 9.53 Å². The maximum Gasteiger partial charge on any atom is 0.253 e. The van der Waals surface area contributed by atoms with Gasteiger partial charge in [-0.15, -0.1) is 0 Å². The smallest absolute Gasteiger partial charge is 0.253 e. The van der Waals surface area contributed by atoms with Gasteiger partial charge in [0.05, 0.1) is 17.5 Å². The summed E-state index contributed by atoms with van der Waals surface area (Å²) in [5.74, 6) is -0.110. The fourth-order valence-electron chi connectivity index (χ4n) is 3.30. The second-order valence-electron chi connectivity index (χ2n) is 6.26. The number of nitrogens with one attached hydrogen (secondary N) is 1. The molecule has 3 N–H and O–H groups in total. The van der Waals surface area contributed by atoms with Gasteiger partial charge in [-0.25, -0.2) is 0 Å². The minimum Gasteiger partial charge on any atom is -0.370 e. The number of hydrogen-bond acceptors (Lipinski definition) is 4. The molecule has 0 unspecified atom stereocenters. The first-order valence-electron chi connectivity index (χ1n) is 8.38. The molecule has 1 aromatic rings. The Kier molecular flexibility index (Phi) is 5.41. The molecule has 0 saturated carbocycles. The summed E-state index contributed by atoms with van der Waals surface area (Å²) < 4.78 is 5.68. The van der Waals surface area contributed by atoms with E-state index >= 15 is 0 Å². The lowest BCUT2D eigenvalue weighted by atomic mass is 10.1. The van der Waals surface area contributed by atoms with Crippen molar-refractivity contribution in [3.8, 4) is 0 Å². The summed E-state index contributed by atoms with van der Waals surface area (Å²) in [5, 5.41) is 3.62. The molecule has 1 aromatic carbocycles. The van der Waals surface area contributed by atoms with Crippen LogP contribution in [0.4, 0.5) is 11.4 Å². The van der Waals surface area contributed by atoms with Crippen molar-refractivity contribution >= 4 is 28.9 Å². The van der Waals surface area contributed by atoms with E-state index in [1.165, 1.54) is 19.3 Å². The summed E-state index contributed by atoms with van der Waals surface area (Å²) in [4.78, 5) is 14.8. The van der Waals surface area contributed by atoms with Crippen molar-refractivity contribution in [3.63, 3.8) is 0 Å². The van der Waals surface area contributed by atoms with Gasteiger partial charge in [-0.1, -0.05) is 11.6 Å². The molecule has 1 amide bonds. The number of benzene rings is 1. The van der Waals surface area contributed by atoms with Gasteiger partial charge in [0.25, 0.3) is 5.91 Å². The Morgan fingerprint density at radius 3 is 2.78 bits per heavy atom. The highest BCUT2D eigenvalue weighted by Gasteiger charge is 2.30. The predicted octanol–water partition coefficient (Wildman–Crippen LogP) is 2.78. The van der Waals surface area contributed by atoms with E-state index < -0.39 is 6.10 Å². The molecule has 2 atom stereocenters. The van der Waals surface area contributed by atoms with Crippen LogP contribution in [0, 0.1) is 0 Å². The molecule has 2 fully saturated rings. The number of anilines is 2. The van der Waals surface area contributed by atoms with Gasteiger partial charge in [0.15, 0.2) is 0 Å². The zero-order valence-corrected chi connectivity index (χ0v) is 14.0. The van der Waals surface area contributed by atoms with Crippen molar-refractivity contribution in [1.29, 1.82) is 0 Å². The van der Waals surface area contributed by atoms with Crippen LogP contribution in [0.5, 0.6) is 0 Å². The second-order valence-corrected chi connectivity index (χ2v) is 6.69. The van der Waals surface area contributed by atoms with Crippen LogP contribution in [0.1, 0.15) is 32.1 Å². The number of hydrogen-bond donors (Lipinski definition) is 2. The quantitative estimate of drug-likeness (QED) is 0.886. The van der Waals surface area contributed by atoms with Crippen molar-refractivity contribution in [2.45, 2.75) is 44.3 Å². The maximum absolute atomic E-state index is 12.5. The van der Waals surface area contributed by atoms with Crippen molar-refractivity contribution in [3.05, 3.63) is 23.2 Å². The van der Waals surface area contributed by atoms with Crippen LogP contribution in [0.15, 0.2) is 18.2 Å². The zero-order valence-electron chi connectivity index (χ0n) is 13.3. The number of ether oxygens (including phenoxy) is 1. The van der Waals surface area contributed by atoms with Crippen LogP contribution in [0.3, 0.4) is 0 Å². The number of amides is 1. The van der Waals surface area contributed by atoms with Gasteiger partial charge in [-0.2, -0.15) is 0 Å². The van der Waals surface area contributed by atoms with Gasteiger partial charge in [0, 0.05) is 24.7 Å². The number of carbonyl (C=O) groups is 1. The van der Waals surface area contributed by atoms with E-state index in [1.54, 1.807) is 0 Å². The molecular formula is C17H24ClN3O2. The number of nitrogens with two attached hydrogens (primary N) is 1. The summed E-state index contributed by atoms with van der Waals surface area (Å²) in [6.45, 7) is 2.49. The number of carbonyl (C=O) groups excluding carboxylic acids is 1. The largest absolute Gasteiger partial charge is 0.370 e. The normalized spacial score (nSPS) is 24.7. The van der Waals surface area contributed by atoms with Gasteiger partial charge < -0.3 is 20.7 Å². The minimum atomic E-state index is -0.420. The van der Waals surface area contributed by atoms with E-state index in [-0.39, 0.29) is 12.0 Å². The first kappa shape index (κ1) is 16.6. The summed E-state index contributed by atoms with van der Waals surface area (Å²) in [6.07, 6.45) is 4.75. The first-order valence-corrected chi connectivity index (χ1v) is 8.76. The average Bonchev–Trinajstić information content (AvgIpc) is 3.05. The monoisotopic (exact) mass is 337 g/mol. The molecule has 0 aliphatic carbocycles. The van der Waals surface area contributed by atoms with Gasteiger partial charge in [-0.3, -0.25) is 4.79 Å². The molecule has 5 nitrogen and oxygen atoms in total. The molecule has 2 heterocycles. The Balaban J connectivity index is 1.73. The van der Waals surface area contributed by atoms with Gasteiger partial charge >= 0.3 is 0 Å². The third kappa shape index (κ3) is 3.97. The van der Waals surface area contributed by atoms with Gasteiger partial charge in [0.1, 0.15) is 6.10 Å². The minimum absolute atomic E-state index is 0.00771. The summed E-state index contributed by atoms with van der Waals surface area (Å²) in [5.41, 5.74) is 7.41. The van der Waals surface area contributed by atoms with E-state index in [0.717, 1.165) is 30.9 Å². The molecule has 126 valence electrons. The summed E-state index contributed by atoms with van der Waals surface area (Å²) in [7, 11) is 0. The topological polar surface area (TPSA) is 67.6 Å². The number of halogens is 1. The molecule has 23 heavy (non-hydrogen) atoms. The molecule has 2 aliphatic heterocycles. The lowest BCUT2D eigenvalue weighted by Crippen LogP contribution is -2.33. The van der Waals surface area contributed by atoms with Crippen LogP contribution < -0.4 is 16.0 Å². The van der Waals surface area contributed by atoms with Crippen molar-refractivity contribution in [2.24, 2.45) is 5.73 Å². The van der Waals surface area contributed by atoms with Crippen LogP contribution >= 0.6 is 11.6 Å². The molecule has 2 aliphatic rings. The third-order valence-electron chi connectivity index (χ3n) is 4.58. The van der Waals surface area contributed by atoms with Crippen LogP contribution in [-0.4, -0.2) is 37.7 Å². The number of piperidine rings is 1. The average molecular weight is 338 g/mol. The number of rotatable bonds is 4. The van der Waals surface area contributed by atoms with Crippen LogP contribution in [0.25, 0.3) is 0 Å². The standard InChI is InChI=1S/C17H24ClN3O2/c18-12-4-6-15(21-8-2-1-3-9-21)14(10-12)20-17(22)16-7-5-13(11-19)23-16/h4,6,10,13,16H,1-3,5,7-9,11,19H2,(H,20,22)/t13-,16+/m1/s1. The molecule has 6 heteroatoms. The second kappa shape index (κ2) is 7.51. The molecule has 3 rings (SSSR count). The highest BCUT2D eigenvalue weighted by atomic mass is 35.5. The first-order chi connectivity index (χ1) is 11.2. The van der Waals surface area contributed by atoms with Crippen molar-refractivity contribution < 1.29 is 9.53 Å². The molecule has 0 spiro atoms. The third-order valence-corrected chi connectivity index (χ3v) is 4.81. The lowest BCUT2D eigenvalue weighted by molar-refractivity contribution is -0.126. The van der Waals surface area contributed by atoms with E-state index in [4.69, 9.17) is 22.1 Å². The Morgan fingerprint density at radius 2 is 2.09 bits per heavy atom. The van der Waals surface area contributed by atoms with Gasteiger partial charge in [-0.05, 0) is 50.3 Å². The number of nitrogens with zero attached hydrogens (tertiary/aromatic N) is 1. The van der Waals surface area contributed by atoms with E-state index in [0.29, 0.717) is 18.0 Å². The van der Waals surface area contributed by atoms with Crippen molar-refractivity contribution in [2.75, 3.05) is 29.9 Å². The Labute approximate surface area is 142 Å². The molecular weight excluding hydrogens is 314 g/mol. The fraction of sp³-hybridized carbons (Fsp3) is 0.588. The molecule has 0 bridgehead atoms. The summed E-state index contributed by atoms with van der Waals surface area (Å²) in [6, 6.07) is 5.68. The van der Waals surface area contributed by atoms with Crippen LogP contribution in [0.2, 0.25) is 5.02 Å². The maximum atomic E-state index is 12.5. The fourth-order valence-corrected chi connectivity index (χ4v) is 3.48. The SMILES string of the molecule is NC[C@H]1CC[C@@H](C(=O)Nc2cc(Cl)ccc2N2CCCCC2)O1. The zero-order chi connectivity index (χ0) is 16.2. The highest BCUT2D eigenvalue weighted by molar-refractivity contribution is 6.31. The van der Waals surface area contributed by atoms with Gasteiger partial charge in [0.2, 0.25) is 0 Å². The molecule has 0 aromatic heterocycles. The van der Waals surface area contributed by atoms with E-state index in [9.17, 15) is 4.79 Å². The van der Waals surface area contributed by atoms with E-state index in [1.807, 2.05) is 18.2 Å². The molecule has 0 radical (unpaired) electrons. The predicted molar refractivity (Wildman–Crippen MR) is 93.1 cm³/mol. The molecule has 2 saturated heterocycles. The van der Waals surface area contributed by atoms with E-state index in [2.05, 4.69) is 10.2 Å². The Morgan fingerprint density at radius 1 is 1.30 bits per heavy atom. The lowest BCUT2D eigenvalue weighted by Gasteiger charge is -2.30. The Hall–Kier alpha value is -1.30. The Bertz CT molecular complexity index is 561.